The van der Waals surface area contributed by atoms with E-state index in [1.165, 1.54) is 14.2 Å². The molecule has 3 amide bonds. The van der Waals surface area contributed by atoms with Crippen molar-refractivity contribution in [3.05, 3.63) is 42.5 Å². The fourth-order valence-electron chi connectivity index (χ4n) is 2.09. The smallest absolute Gasteiger partial charge is 0.323 e. The van der Waals surface area contributed by atoms with E-state index >= 15 is 0 Å². The minimum Gasteiger partial charge on any atom is -0.493 e. The van der Waals surface area contributed by atoms with Gasteiger partial charge in [-0.15, -0.1) is 0 Å². The van der Waals surface area contributed by atoms with E-state index in [1.54, 1.807) is 36.4 Å². The summed E-state index contributed by atoms with van der Waals surface area (Å²) in [6, 6.07) is 11.6. The number of hydrogen-bond acceptors (Lipinski definition) is 5. The van der Waals surface area contributed by atoms with Gasteiger partial charge in [0, 0.05) is 17.8 Å². The Morgan fingerprint density at radius 2 is 1.48 bits per heavy atom. The van der Waals surface area contributed by atoms with Crippen molar-refractivity contribution < 1.29 is 19.1 Å². The van der Waals surface area contributed by atoms with Crippen LogP contribution in [0.15, 0.2) is 42.5 Å². The van der Waals surface area contributed by atoms with Gasteiger partial charge in [-0.25, -0.2) is 4.79 Å². The summed E-state index contributed by atoms with van der Waals surface area (Å²) in [5, 5.41) is 7.98. The lowest BCUT2D eigenvalue weighted by atomic mass is 10.2. The molecular formula is C17H20N4O4. The highest BCUT2D eigenvalue weighted by Crippen LogP contribution is 2.36. The van der Waals surface area contributed by atoms with Crippen LogP contribution in [-0.4, -0.2) is 32.7 Å². The second-order valence-corrected chi connectivity index (χ2v) is 4.95. The lowest BCUT2D eigenvalue weighted by molar-refractivity contribution is -0.114. The van der Waals surface area contributed by atoms with E-state index in [2.05, 4.69) is 16.0 Å². The zero-order chi connectivity index (χ0) is 18.2. The highest BCUT2D eigenvalue weighted by molar-refractivity contribution is 6.04. The van der Waals surface area contributed by atoms with Gasteiger partial charge in [-0.3, -0.25) is 4.79 Å². The normalized spacial score (nSPS) is 9.88. The van der Waals surface area contributed by atoms with Crippen LogP contribution in [0.25, 0.3) is 0 Å². The third-order valence-electron chi connectivity index (χ3n) is 3.26. The molecule has 2 rings (SSSR count). The van der Waals surface area contributed by atoms with Gasteiger partial charge in [-0.1, -0.05) is 18.2 Å². The molecule has 8 heteroatoms. The summed E-state index contributed by atoms with van der Waals surface area (Å²) in [7, 11) is 2.95. The molecule has 0 aliphatic carbocycles. The fraction of sp³-hybridized carbons (Fsp3) is 0.176. The van der Waals surface area contributed by atoms with Gasteiger partial charge in [0.15, 0.2) is 11.5 Å². The first-order chi connectivity index (χ1) is 12.1. The summed E-state index contributed by atoms with van der Waals surface area (Å²) in [6.45, 7) is -0.190. The molecule has 0 spiro atoms. The Labute approximate surface area is 145 Å². The number of hydrogen-bond donors (Lipinski definition) is 4. The van der Waals surface area contributed by atoms with E-state index < -0.39 is 11.9 Å². The van der Waals surface area contributed by atoms with Crippen molar-refractivity contribution in [2.45, 2.75) is 0 Å². The number of carbonyl (C=O) groups excluding carboxylic acids is 2. The summed E-state index contributed by atoms with van der Waals surface area (Å²) in [4.78, 5) is 23.8. The molecule has 25 heavy (non-hydrogen) atoms. The first-order valence-corrected chi connectivity index (χ1v) is 7.46. The van der Waals surface area contributed by atoms with E-state index in [0.717, 1.165) is 0 Å². The Morgan fingerprint density at radius 1 is 0.920 bits per heavy atom. The molecule has 0 radical (unpaired) electrons. The van der Waals surface area contributed by atoms with E-state index in [4.69, 9.17) is 15.2 Å². The number of methoxy groups -OCH3 is 2. The van der Waals surface area contributed by atoms with Crippen LogP contribution in [0.5, 0.6) is 11.5 Å². The van der Waals surface area contributed by atoms with Gasteiger partial charge in [-0.05, 0) is 12.1 Å². The van der Waals surface area contributed by atoms with Crippen LogP contribution in [-0.2, 0) is 4.79 Å². The van der Waals surface area contributed by atoms with Gasteiger partial charge in [-0.2, -0.15) is 0 Å². The zero-order valence-corrected chi connectivity index (χ0v) is 14.0. The maximum atomic E-state index is 12.2. The summed E-state index contributed by atoms with van der Waals surface area (Å²) in [5.41, 5.74) is 6.65. The molecule has 0 heterocycles. The number of nitrogens with two attached hydrogens (primary N) is 1. The largest absolute Gasteiger partial charge is 0.493 e. The number of carbonyl (C=O) groups is 2. The minimum atomic E-state index is -0.471. The first-order valence-electron chi connectivity index (χ1n) is 7.46. The monoisotopic (exact) mass is 344 g/mol. The standard InChI is InChI=1S/C17H20N4O4/c1-24-14-8-12(20-16(22)10-18)13(9-15(14)25-2)21-17(23)19-11-6-4-3-5-7-11/h3-9H,10,18H2,1-2H3,(H,20,22)(H2,19,21,23). The number of nitrogens with one attached hydrogen (secondary N) is 3. The molecule has 0 fully saturated rings. The zero-order valence-electron chi connectivity index (χ0n) is 14.0. The predicted octanol–water partition coefficient (Wildman–Crippen LogP) is 2.24. The van der Waals surface area contributed by atoms with Crippen molar-refractivity contribution in [2.24, 2.45) is 5.73 Å². The van der Waals surface area contributed by atoms with E-state index in [-0.39, 0.29) is 6.54 Å². The van der Waals surface area contributed by atoms with Crippen molar-refractivity contribution in [3.8, 4) is 11.5 Å². The van der Waals surface area contributed by atoms with Crippen LogP contribution in [0.3, 0.4) is 0 Å². The highest BCUT2D eigenvalue weighted by atomic mass is 16.5. The van der Waals surface area contributed by atoms with Crippen LogP contribution >= 0.6 is 0 Å². The second kappa shape index (κ2) is 8.55. The van der Waals surface area contributed by atoms with Crippen molar-refractivity contribution in [1.29, 1.82) is 0 Å². The molecule has 0 aromatic heterocycles. The average Bonchev–Trinajstić information content (AvgIpc) is 2.63. The van der Waals surface area contributed by atoms with Gasteiger partial charge in [0.1, 0.15) is 0 Å². The van der Waals surface area contributed by atoms with E-state index in [0.29, 0.717) is 28.6 Å². The number of rotatable bonds is 6. The molecule has 2 aromatic carbocycles. The average molecular weight is 344 g/mol. The number of para-hydroxylation sites is 1. The first kappa shape index (κ1) is 18.1. The lowest BCUT2D eigenvalue weighted by Crippen LogP contribution is -2.24. The molecule has 0 saturated carbocycles. The van der Waals surface area contributed by atoms with Crippen LogP contribution in [0.4, 0.5) is 21.9 Å². The number of anilines is 3. The van der Waals surface area contributed by atoms with Gasteiger partial charge >= 0.3 is 6.03 Å². The molecule has 0 atom stereocenters. The molecule has 2 aromatic rings. The molecule has 0 bridgehead atoms. The molecule has 0 aliphatic rings. The van der Waals surface area contributed by atoms with Crippen molar-refractivity contribution in [3.63, 3.8) is 0 Å². The Bertz CT molecular complexity index is 750. The summed E-state index contributed by atoms with van der Waals surface area (Å²) in [5.74, 6) is 0.408. The minimum absolute atomic E-state index is 0.190. The maximum absolute atomic E-state index is 12.2. The Balaban J connectivity index is 2.26. The third-order valence-corrected chi connectivity index (χ3v) is 3.26. The van der Waals surface area contributed by atoms with Crippen molar-refractivity contribution >= 4 is 29.0 Å². The topological polar surface area (TPSA) is 115 Å². The fourth-order valence-corrected chi connectivity index (χ4v) is 2.09. The summed E-state index contributed by atoms with van der Waals surface area (Å²) >= 11 is 0. The van der Waals surface area contributed by atoms with Gasteiger partial charge in [0.05, 0.1) is 32.1 Å². The van der Waals surface area contributed by atoms with Crippen LogP contribution < -0.4 is 31.2 Å². The molecule has 0 saturated heterocycles. The van der Waals surface area contributed by atoms with E-state index in [9.17, 15) is 9.59 Å². The number of amides is 3. The Hall–Kier alpha value is -3.26. The molecular weight excluding hydrogens is 324 g/mol. The third kappa shape index (κ3) is 4.85. The van der Waals surface area contributed by atoms with Crippen LogP contribution in [0, 0.1) is 0 Å². The molecule has 5 N–H and O–H groups in total. The Morgan fingerprint density at radius 3 is 2.00 bits per heavy atom. The molecule has 8 nitrogen and oxygen atoms in total. The summed E-state index contributed by atoms with van der Waals surface area (Å²) in [6.07, 6.45) is 0. The summed E-state index contributed by atoms with van der Waals surface area (Å²) < 4.78 is 10.4. The van der Waals surface area contributed by atoms with Crippen LogP contribution in [0.1, 0.15) is 0 Å². The maximum Gasteiger partial charge on any atom is 0.323 e. The van der Waals surface area contributed by atoms with Gasteiger partial charge in [0.25, 0.3) is 0 Å². The number of urea groups is 1. The highest BCUT2D eigenvalue weighted by Gasteiger charge is 2.15. The van der Waals surface area contributed by atoms with Crippen molar-refractivity contribution in [1.82, 2.24) is 0 Å². The Kier molecular flexibility index (Phi) is 6.19. The second-order valence-electron chi connectivity index (χ2n) is 4.95. The van der Waals surface area contributed by atoms with Gasteiger partial charge in [0.2, 0.25) is 5.91 Å². The number of benzene rings is 2. The predicted molar refractivity (Wildman–Crippen MR) is 96.3 cm³/mol. The quantitative estimate of drug-likeness (QED) is 0.641. The molecule has 0 unspecified atom stereocenters. The lowest BCUT2D eigenvalue weighted by Gasteiger charge is -2.16. The molecule has 132 valence electrons. The SMILES string of the molecule is COc1cc(NC(=O)CN)c(NC(=O)Nc2ccccc2)cc1OC. The molecule has 0 aliphatic heterocycles. The van der Waals surface area contributed by atoms with Gasteiger partial charge < -0.3 is 31.2 Å². The van der Waals surface area contributed by atoms with E-state index in [1.807, 2.05) is 6.07 Å². The van der Waals surface area contributed by atoms with Crippen LogP contribution in [0.2, 0.25) is 0 Å². The number of ether oxygens (including phenoxy) is 2. The van der Waals surface area contributed by atoms with Crippen molar-refractivity contribution in [2.75, 3.05) is 36.7 Å².